The van der Waals surface area contributed by atoms with Gasteiger partial charge in [0, 0.05) is 43.5 Å². The van der Waals surface area contributed by atoms with E-state index in [9.17, 15) is 4.79 Å². The number of hydrogen-bond donors (Lipinski definition) is 0. The number of aryl methyl sites for hydroxylation is 1. The number of aromatic nitrogens is 1. The van der Waals surface area contributed by atoms with Crippen LogP contribution in [0.15, 0.2) is 48.5 Å². The molecule has 0 atom stereocenters. The molecule has 4 aromatic rings. The van der Waals surface area contributed by atoms with Gasteiger partial charge < -0.3 is 14.4 Å². The van der Waals surface area contributed by atoms with Crippen molar-refractivity contribution in [3.63, 3.8) is 0 Å². The minimum Gasteiger partial charge on any atom is -0.454 e. The van der Waals surface area contributed by atoms with Gasteiger partial charge in [-0.2, -0.15) is 0 Å². The van der Waals surface area contributed by atoms with E-state index in [-0.39, 0.29) is 5.91 Å². The van der Waals surface area contributed by atoms with E-state index < -0.39 is 0 Å². The van der Waals surface area contributed by atoms with E-state index in [0.29, 0.717) is 6.79 Å². The molecule has 4 heterocycles. The molecule has 1 fully saturated rings. The first-order chi connectivity index (χ1) is 15.6. The number of hydrogen-bond acceptors (Lipinski definition) is 6. The molecular formula is C25H23N3O3S. The first-order valence-corrected chi connectivity index (χ1v) is 11.7. The molecule has 0 N–H and O–H groups in total. The molecule has 32 heavy (non-hydrogen) atoms. The van der Waals surface area contributed by atoms with Crippen LogP contribution in [0.4, 0.5) is 0 Å². The van der Waals surface area contributed by atoms with E-state index in [4.69, 9.17) is 14.5 Å². The van der Waals surface area contributed by atoms with Crippen molar-refractivity contribution in [1.29, 1.82) is 0 Å². The van der Waals surface area contributed by atoms with Gasteiger partial charge in [0.05, 0.1) is 10.4 Å². The van der Waals surface area contributed by atoms with Gasteiger partial charge in [-0.25, -0.2) is 4.98 Å². The van der Waals surface area contributed by atoms with Crippen molar-refractivity contribution in [3.05, 3.63) is 64.5 Å². The molecular weight excluding hydrogens is 422 g/mol. The Labute approximate surface area is 190 Å². The third kappa shape index (κ3) is 3.57. The summed E-state index contributed by atoms with van der Waals surface area (Å²) < 4.78 is 10.9. The third-order valence-corrected chi connectivity index (χ3v) is 7.20. The molecule has 0 unspecified atom stereocenters. The summed E-state index contributed by atoms with van der Waals surface area (Å²) in [5, 5.41) is 2.16. The fourth-order valence-corrected chi connectivity index (χ4v) is 5.41. The summed E-state index contributed by atoms with van der Waals surface area (Å²) in [4.78, 5) is 24.0. The van der Waals surface area contributed by atoms with Gasteiger partial charge in [0.2, 0.25) is 6.79 Å². The number of fused-ring (bicyclic) bond motifs is 3. The van der Waals surface area contributed by atoms with Crippen molar-refractivity contribution in [2.75, 3.05) is 33.0 Å². The van der Waals surface area contributed by atoms with Crippen molar-refractivity contribution < 1.29 is 14.3 Å². The van der Waals surface area contributed by atoms with Crippen LogP contribution in [0.25, 0.3) is 21.1 Å². The molecule has 6 nitrogen and oxygen atoms in total. The molecule has 0 radical (unpaired) electrons. The first-order valence-electron chi connectivity index (χ1n) is 10.8. The standard InChI is InChI=1S/C25H23N3O3S/c1-16-2-4-20-18(10-16)12-19-13-23(32-24(19)26-20)25(29)28-8-6-27(7-9-28)14-17-3-5-21-22(11-17)31-15-30-21/h2-5,10-13H,6-9,14-15H2,1H3. The van der Waals surface area contributed by atoms with Crippen molar-refractivity contribution >= 4 is 38.4 Å². The second-order valence-electron chi connectivity index (χ2n) is 8.45. The van der Waals surface area contributed by atoms with Crippen molar-refractivity contribution in [2.45, 2.75) is 13.5 Å². The van der Waals surface area contributed by atoms with Gasteiger partial charge in [0.15, 0.2) is 11.5 Å². The van der Waals surface area contributed by atoms with Crippen LogP contribution in [0.2, 0.25) is 0 Å². The normalized spacial score (nSPS) is 16.2. The predicted octanol–water partition coefficient (Wildman–Crippen LogP) is 4.44. The largest absolute Gasteiger partial charge is 0.454 e. The lowest BCUT2D eigenvalue weighted by atomic mass is 10.1. The lowest BCUT2D eigenvalue weighted by Crippen LogP contribution is -2.48. The Hall–Kier alpha value is -3.16. The Balaban J connectivity index is 1.14. The zero-order valence-corrected chi connectivity index (χ0v) is 18.7. The van der Waals surface area contributed by atoms with Crippen LogP contribution in [-0.2, 0) is 6.54 Å². The molecule has 0 bridgehead atoms. The number of rotatable bonds is 3. The Morgan fingerprint density at radius 2 is 1.81 bits per heavy atom. The van der Waals surface area contributed by atoms with Crippen LogP contribution >= 0.6 is 11.3 Å². The van der Waals surface area contributed by atoms with Gasteiger partial charge in [-0.05, 0) is 48.9 Å². The number of piperazine rings is 1. The lowest BCUT2D eigenvalue weighted by Gasteiger charge is -2.34. The van der Waals surface area contributed by atoms with Crippen LogP contribution in [0.3, 0.4) is 0 Å². The van der Waals surface area contributed by atoms with Gasteiger partial charge in [0.25, 0.3) is 5.91 Å². The summed E-state index contributed by atoms with van der Waals surface area (Å²) in [6.07, 6.45) is 0. The molecule has 2 aliphatic rings. The molecule has 1 saturated heterocycles. The van der Waals surface area contributed by atoms with E-state index in [2.05, 4.69) is 42.2 Å². The van der Waals surface area contributed by atoms with Gasteiger partial charge >= 0.3 is 0 Å². The Morgan fingerprint density at radius 3 is 2.69 bits per heavy atom. The van der Waals surface area contributed by atoms with Crippen LogP contribution < -0.4 is 9.47 Å². The minimum absolute atomic E-state index is 0.107. The highest BCUT2D eigenvalue weighted by Crippen LogP contribution is 2.33. The maximum Gasteiger partial charge on any atom is 0.264 e. The van der Waals surface area contributed by atoms with Crippen molar-refractivity contribution in [2.24, 2.45) is 0 Å². The highest BCUT2D eigenvalue weighted by atomic mass is 32.1. The summed E-state index contributed by atoms with van der Waals surface area (Å²) >= 11 is 1.49. The number of ether oxygens (including phenoxy) is 2. The molecule has 2 aliphatic heterocycles. The average Bonchev–Trinajstić information content (AvgIpc) is 3.43. The summed E-state index contributed by atoms with van der Waals surface area (Å²) in [7, 11) is 0. The van der Waals surface area contributed by atoms with Crippen LogP contribution in [0.1, 0.15) is 20.8 Å². The number of carbonyl (C=O) groups excluding carboxylic acids is 1. The third-order valence-electron chi connectivity index (χ3n) is 6.17. The van der Waals surface area contributed by atoms with E-state index in [0.717, 1.165) is 70.2 Å². The van der Waals surface area contributed by atoms with E-state index in [1.807, 2.05) is 23.1 Å². The molecule has 2 aromatic carbocycles. The van der Waals surface area contributed by atoms with E-state index in [1.165, 1.54) is 22.5 Å². The molecule has 7 heteroatoms. The number of benzene rings is 2. The summed E-state index contributed by atoms with van der Waals surface area (Å²) in [6, 6.07) is 16.5. The number of amides is 1. The van der Waals surface area contributed by atoms with Gasteiger partial charge in [-0.1, -0.05) is 17.7 Å². The topological polar surface area (TPSA) is 54.9 Å². The van der Waals surface area contributed by atoms with Gasteiger partial charge in [-0.15, -0.1) is 11.3 Å². The first kappa shape index (κ1) is 19.5. The number of nitrogens with zero attached hydrogens (tertiary/aromatic N) is 3. The Morgan fingerprint density at radius 1 is 0.969 bits per heavy atom. The fraction of sp³-hybridized carbons (Fsp3) is 0.280. The summed E-state index contributed by atoms with van der Waals surface area (Å²) in [5.74, 6) is 1.73. The van der Waals surface area contributed by atoms with E-state index in [1.54, 1.807) is 0 Å². The molecule has 0 spiro atoms. The molecule has 0 aliphatic carbocycles. The molecule has 1 amide bonds. The molecule has 2 aromatic heterocycles. The highest BCUT2D eigenvalue weighted by Gasteiger charge is 2.24. The molecule has 0 saturated carbocycles. The quantitative estimate of drug-likeness (QED) is 0.467. The van der Waals surface area contributed by atoms with Crippen LogP contribution in [0, 0.1) is 6.92 Å². The minimum atomic E-state index is 0.107. The maximum absolute atomic E-state index is 13.2. The second-order valence-corrected chi connectivity index (χ2v) is 9.48. The average molecular weight is 446 g/mol. The maximum atomic E-state index is 13.2. The Kier molecular flexibility index (Phi) is 4.73. The number of pyridine rings is 1. The lowest BCUT2D eigenvalue weighted by molar-refractivity contribution is 0.0633. The van der Waals surface area contributed by atoms with Crippen molar-refractivity contribution in [1.82, 2.24) is 14.8 Å². The zero-order chi connectivity index (χ0) is 21.7. The summed E-state index contributed by atoms with van der Waals surface area (Å²) in [6.45, 7) is 6.38. The SMILES string of the molecule is Cc1ccc2nc3sc(C(=O)N4CCN(Cc5ccc6c(c5)OCO6)CC4)cc3cc2c1. The predicted molar refractivity (Wildman–Crippen MR) is 126 cm³/mol. The van der Waals surface area contributed by atoms with Gasteiger partial charge in [0.1, 0.15) is 4.83 Å². The number of thiophene rings is 1. The summed E-state index contributed by atoms with van der Waals surface area (Å²) in [5.41, 5.74) is 3.39. The highest BCUT2D eigenvalue weighted by molar-refractivity contribution is 7.20. The smallest absolute Gasteiger partial charge is 0.264 e. The molecule has 6 rings (SSSR count). The fourth-order valence-electron chi connectivity index (χ4n) is 4.42. The second kappa shape index (κ2) is 7.76. The zero-order valence-electron chi connectivity index (χ0n) is 17.8. The monoisotopic (exact) mass is 445 g/mol. The van der Waals surface area contributed by atoms with Crippen molar-refractivity contribution in [3.8, 4) is 11.5 Å². The van der Waals surface area contributed by atoms with E-state index >= 15 is 0 Å². The van der Waals surface area contributed by atoms with Crippen LogP contribution in [0.5, 0.6) is 11.5 Å². The number of carbonyl (C=O) groups is 1. The van der Waals surface area contributed by atoms with Gasteiger partial charge in [-0.3, -0.25) is 9.69 Å². The molecule has 162 valence electrons. The van der Waals surface area contributed by atoms with Crippen LogP contribution in [-0.4, -0.2) is 53.7 Å². The Bertz CT molecular complexity index is 1340.